The van der Waals surface area contributed by atoms with Crippen LogP contribution >= 0.6 is 0 Å². The summed E-state index contributed by atoms with van der Waals surface area (Å²) in [6.07, 6.45) is 0.196. The Balaban J connectivity index is 2.27. The number of anilines is 1. The molecule has 2 heterocycles. The van der Waals surface area contributed by atoms with Crippen LogP contribution in [0.15, 0.2) is 29.3 Å². The third-order valence-electron chi connectivity index (χ3n) is 3.82. The van der Waals surface area contributed by atoms with Gasteiger partial charge in [-0.3, -0.25) is 24.3 Å². The van der Waals surface area contributed by atoms with Crippen molar-refractivity contribution in [3.63, 3.8) is 0 Å². The van der Waals surface area contributed by atoms with Gasteiger partial charge in [-0.1, -0.05) is 18.2 Å². The van der Waals surface area contributed by atoms with Crippen molar-refractivity contribution in [3.05, 3.63) is 29.8 Å². The Labute approximate surface area is 116 Å². The lowest BCUT2D eigenvalue weighted by atomic mass is 9.79. The minimum absolute atomic E-state index is 0.0697. The summed E-state index contributed by atoms with van der Waals surface area (Å²) in [5, 5.41) is 0. The second-order valence-electron chi connectivity index (χ2n) is 5.25. The molecule has 1 spiro atoms. The molecule has 20 heavy (non-hydrogen) atoms. The highest BCUT2D eigenvalue weighted by Crippen LogP contribution is 2.45. The fraction of sp³-hybridized carbons (Fsp3) is 0.333. The maximum atomic E-state index is 12.4. The summed E-state index contributed by atoms with van der Waals surface area (Å²) in [7, 11) is 0. The molecule has 1 aromatic carbocycles. The number of rotatable bonds is 0. The lowest BCUT2D eigenvalue weighted by Crippen LogP contribution is -2.47. The molecule has 5 nitrogen and oxygen atoms in total. The minimum atomic E-state index is -1.12. The van der Waals surface area contributed by atoms with Crippen molar-refractivity contribution in [2.75, 3.05) is 4.90 Å². The SMILES string of the molecule is CC(=O)N1C(=O)CC2(N=C(C)CC2=O)c2ccccc21. The highest BCUT2D eigenvalue weighted by atomic mass is 16.2. The van der Waals surface area contributed by atoms with E-state index in [-0.39, 0.29) is 30.4 Å². The average Bonchev–Trinajstić information content (AvgIpc) is 2.64. The molecule has 0 saturated heterocycles. The van der Waals surface area contributed by atoms with E-state index in [0.29, 0.717) is 11.3 Å². The van der Waals surface area contributed by atoms with Gasteiger partial charge in [0.15, 0.2) is 11.3 Å². The van der Waals surface area contributed by atoms with Crippen LogP contribution in [-0.2, 0) is 19.9 Å². The number of imide groups is 1. The molecule has 1 aromatic rings. The first-order chi connectivity index (χ1) is 9.45. The molecule has 2 aliphatic heterocycles. The van der Waals surface area contributed by atoms with Crippen LogP contribution in [0.5, 0.6) is 0 Å². The van der Waals surface area contributed by atoms with E-state index in [2.05, 4.69) is 4.99 Å². The van der Waals surface area contributed by atoms with Gasteiger partial charge in [0.25, 0.3) is 0 Å². The molecule has 2 aliphatic rings. The van der Waals surface area contributed by atoms with Gasteiger partial charge in [0.05, 0.1) is 12.1 Å². The fourth-order valence-electron chi connectivity index (χ4n) is 3.05. The Bertz CT molecular complexity index is 677. The number of benzene rings is 1. The van der Waals surface area contributed by atoms with Gasteiger partial charge in [0, 0.05) is 24.6 Å². The number of carbonyl (C=O) groups is 3. The van der Waals surface area contributed by atoms with E-state index in [1.165, 1.54) is 6.92 Å². The van der Waals surface area contributed by atoms with Gasteiger partial charge in [-0.15, -0.1) is 0 Å². The Morgan fingerprint density at radius 3 is 2.60 bits per heavy atom. The number of carbonyl (C=O) groups excluding carboxylic acids is 3. The first-order valence-electron chi connectivity index (χ1n) is 6.47. The first-order valence-corrected chi connectivity index (χ1v) is 6.47. The Hall–Kier alpha value is -2.30. The van der Waals surface area contributed by atoms with Crippen molar-refractivity contribution in [3.8, 4) is 0 Å². The summed E-state index contributed by atoms with van der Waals surface area (Å²) in [6.45, 7) is 3.13. The second-order valence-corrected chi connectivity index (χ2v) is 5.25. The van der Waals surface area contributed by atoms with Crippen molar-refractivity contribution >= 4 is 29.0 Å². The molecule has 1 atom stereocenters. The van der Waals surface area contributed by atoms with E-state index in [1.54, 1.807) is 31.2 Å². The molecule has 0 saturated carbocycles. The van der Waals surface area contributed by atoms with Gasteiger partial charge < -0.3 is 0 Å². The zero-order chi connectivity index (χ0) is 14.5. The predicted octanol–water partition coefficient (Wildman–Crippen LogP) is 1.60. The first kappa shape index (κ1) is 12.7. The molecular weight excluding hydrogens is 256 g/mol. The topological polar surface area (TPSA) is 66.8 Å². The number of ketones is 1. The monoisotopic (exact) mass is 270 g/mol. The largest absolute Gasteiger partial charge is 0.296 e. The molecule has 5 heteroatoms. The lowest BCUT2D eigenvalue weighted by Gasteiger charge is -2.36. The molecule has 0 aromatic heterocycles. The van der Waals surface area contributed by atoms with E-state index in [4.69, 9.17) is 0 Å². The van der Waals surface area contributed by atoms with E-state index in [9.17, 15) is 14.4 Å². The van der Waals surface area contributed by atoms with Crippen LogP contribution < -0.4 is 4.90 Å². The quantitative estimate of drug-likeness (QED) is 0.719. The van der Waals surface area contributed by atoms with Crippen molar-refractivity contribution in [1.29, 1.82) is 0 Å². The van der Waals surface area contributed by atoms with Gasteiger partial charge in [-0.25, -0.2) is 0 Å². The minimum Gasteiger partial charge on any atom is -0.296 e. The number of nitrogens with zero attached hydrogens (tertiary/aromatic N) is 2. The van der Waals surface area contributed by atoms with Crippen LogP contribution in [0, 0.1) is 0 Å². The number of hydrogen-bond donors (Lipinski definition) is 0. The summed E-state index contributed by atoms with van der Waals surface area (Å²) in [4.78, 5) is 42.0. The van der Waals surface area contributed by atoms with Gasteiger partial charge >= 0.3 is 0 Å². The molecular formula is C15H14N2O3. The Morgan fingerprint density at radius 2 is 2.00 bits per heavy atom. The van der Waals surface area contributed by atoms with Gasteiger partial charge in [0.1, 0.15) is 0 Å². The standard InChI is InChI=1S/C15H14N2O3/c1-9-7-13(19)15(16-9)8-14(20)17(10(2)18)12-6-4-3-5-11(12)15/h3-6H,7-8H2,1-2H3. The average molecular weight is 270 g/mol. The number of fused-ring (bicyclic) bond motifs is 2. The van der Waals surface area contributed by atoms with E-state index >= 15 is 0 Å². The zero-order valence-electron chi connectivity index (χ0n) is 11.3. The fourth-order valence-corrected chi connectivity index (χ4v) is 3.05. The Morgan fingerprint density at radius 1 is 1.30 bits per heavy atom. The van der Waals surface area contributed by atoms with Crippen molar-refractivity contribution in [2.45, 2.75) is 32.2 Å². The summed E-state index contributed by atoms with van der Waals surface area (Å²) in [5.41, 5.74) is 0.734. The van der Waals surface area contributed by atoms with Gasteiger partial charge in [0.2, 0.25) is 11.8 Å². The molecule has 0 fully saturated rings. The molecule has 1 unspecified atom stereocenters. The molecule has 102 valence electrons. The van der Waals surface area contributed by atoms with Crippen molar-refractivity contribution in [1.82, 2.24) is 0 Å². The lowest BCUT2D eigenvalue weighted by molar-refractivity contribution is -0.131. The van der Waals surface area contributed by atoms with Crippen LogP contribution in [0.25, 0.3) is 0 Å². The van der Waals surface area contributed by atoms with Crippen molar-refractivity contribution < 1.29 is 14.4 Å². The smallest absolute Gasteiger partial charge is 0.237 e. The normalized spacial score (nSPS) is 24.9. The summed E-state index contributed by atoms with van der Waals surface area (Å²) in [6, 6.07) is 7.01. The predicted molar refractivity (Wildman–Crippen MR) is 73.6 cm³/mol. The van der Waals surface area contributed by atoms with Crippen LogP contribution in [0.4, 0.5) is 5.69 Å². The number of Topliss-reactive ketones (excluding diaryl/α,β-unsaturated/α-hetero) is 1. The summed E-state index contributed by atoms with van der Waals surface area (Å²) in [5.74, 6) is -0.787. The van der Waals surface area contributed by atoms with E-state index < -0.39 is 5.54 Å². The highest BCUT2D eigenvalue weighted by molar-refractivity contribution is 6.21. The third kappa shape index (κ3) is 1.56. The number of para-hydroxylation sites is 1. The molecule has 0 bridgehead atoms. The maximum absolute atomic E-state index is 12.4. The number of amides is 2. The van der Waals surface area contributed by atoms with E-state index in [0.717, 1.165) is 10.6 Å². The summed E-state index contributed by atoms with van der Waals surface area (Å²) < 4.78 is 0. The zero-order valence-corrected chi connectivity index (χ0v) is 11.3. The van der Waals surface area contributed by atoms with Gasteiger partial charge in [-0.05, 0) is 13.0 Å². The van der Waals surface area contributed by atoms with Gasteiger partial charge in [-0.2, -0.15) is 0 Å². The number of aliphatic imine (C=N–C) groups is 1. The van der Waals surface area contributed by atoms with Crippen LogP contribution in [0.1, 0.15) is 32.3 Å². The number of hydrogen-bond acceptors (Lipinski definition) is 4. The van der Waals surface area contributed by atoms with Crippen LogP contribution in [-0.4, -0.2) is 23.3 Å². The molecule has 0 radical (unpaired) electrons. The van der Waals surface area contributed by atoms with Crippen molar-refractivity contribution in [2.24, 2.45) is 4.99 Å². The molecule has 0 aliphatic carbocycles. The molecule has 0 N–H and O–H groups in total. The Kier molecular flexibility index (Phi) is 2.61. The second kappa shape index (κ2) is 4.10. The van der Waals surface area contributed by atoms with Crippen LogP contribution in [0.2, 0.25) is 0 Å². The highest BCUT2D eigenvalue weighted by Gasteiger charge is 2.51. The maximum Gasteiger partial charge on any atom is 0.237 e. The van der Waals surface area contributed by atoms with E-state index in [1.807, 2.05) is 0 Å². The van der Waals surface area contributed by atoms with Crippen LogP contribution in [0.3, 0.4) is 0 Å². The summed E-state index contributed by atoms with van der Waals surface area (Å²) >= 11 is 0. The molecule has 2 amide bonds. The third-order valence-corrected chi connectivity index (χ3v) is 3.82. The molecule has 3 rings (SSSR count).